The molecule has 0 amide bonds. The third kappa shape index (κ3) is 2.78. The maximum Gasteiger partial charge on any atom is 0.00992 e. The lowest BCUT2D eigenvalue weighted by atomic mass is 9.89. The normalized spacial score (nSPS) is 32.4. The van der Waals surface area contributed by atoms with Crippen molar-refractivity contribution < 1.29 is 0 Å². The molecule has 2 heteroatoms. The molecule has 2 nitrogen and oxygen atoms in total. The van der Waals surface area contributed by atoms with E-state index in [4.69, 9.17) is 0 Å². The Labute approximate surface area is 101 Å². The molecular formula is C14H28N2. The molecule has 0 spiro atoms. The molecule has 0 atom stereocenters. The van der Waals surface area contributed by atoms with Gasteiger partial charge in [-0.1, -0.05) is 19.8 Å². The summed E-state index contributed by atoms with van der Waals surface area (Å²) in [6.07, 6.45) is 11.4. The second-order valence-corrected chi connectivity index (χ2v) is 5.56. The van der Waals surface area contributed by atoms with Crippen molar-refractivity contribution in [2.45, 2.75) is 76.4 Å². The van der Waals surface area contributed by atoms with E-state index in [2.05, 4.69) is 24.2 Å². The third-order valence-corrected chi connectivity index (χ3v) is 4.73. The van der Waals surface area contributed by atoms with Gasteiger partial charge in [0.1, 0.15) is 0 Å². The maximum atomic E-state index is 3.43. The van der Waals surface area contributed by atoms with Gasteiger partial charge in [-0.3, -0.25) is 4.90 Å². The Kier molecular flexibility index (Phi) is 4.66. The predicted molar refractivity (Wildman–Crippen MR) is 69.7 cm³/mol. The molecule has 2 saturated carbocycles. The van der Waals surface area contributed by atoms with Gasteiger partial charge in [0.15, 0.2) is 0 Å². The number of hydrogen-bond acceptors (Lipinski definition) is 2. The molecule has 1 N–H and O–H groups in total. The molecule has 0 aromatic heterocycles. The van der Waals surface area contributed by atoms with E-state index in [0.717, 1.165) is 18.1 Å². The fraction of sp³-hybridized carbons (Fsp3) is 1.00. The van der Waals surface area contributed by atoms with Crippen LogP contribution in [0.4, 0.5) is 0 Å². The van der Waals surface area contributed by atoms with Gasteiger partial charge in [0.25, 0.3) is 0 Å². The highest BCUT2D eigenvalue weighted by Gasteiger charge is 2.30. The van der Waals surface area contributed by atoms with Gasteiger partial charge in [-0.05, 0) is 52.1 Å². The van der Waals surface area contributed by atoms with Crippen LogP contribution in [-0.4, -0.2) is 36.6 Å². The maximum absolute atomic E-state index is 3.43. The average Bonchev–Trinajstić information content (AvgIpc) is 2.85. The van der Waals surface area contributed by atoms with Crippen molar-refractivity contribution in [2.24, 2.45) is 0 Å². The van der Waals surface area contributed by atoms with E-state index in [1.807, 2.05) is 0 Å². The van der Waals surface area contributed by atoms with Crippen LogP contribution in [0.25, 0.3) is 0 Å². The Hall–Kier alpha value is -0.0800. The Balaban J connectivity index is 1.85. The Morgan fingerprint density at radius 1 is 0.938 bits per heavy atom. The summed E-state index contributed by atoms with van der Waals surface area (Å²) in [5.74, 6) is 0. The summed E-state index contributed by atoms with van der Waals surface area (Å²) in [4.78, 5) is 2.82. The van der Waals surface area contributed by atoms with Crippen molar-refractivity contribution in [3.05, 3.63) is 0 Å². The molecule has 0 saturated heterocycles. The highest BCUT2D eigenvalue weighted by Crippen LogP contribution is 2.30. The molecule has 0 bridgehead atoms. The van der Waals surface area contributed by atoms with Crippen LogP contribution in [0.3, 0.4) is 0 Å². The minimum absolute atomic E-state index is 0.790. The first-order chi connectivity index (χ1) is 7.85. The first kappa shape index (κ1) is 12.4. The highest BCUT2D eigenvalue weighted by molar-refractivity contribution is 4.87. The van der Waals surface area contributed by atoms with Gasteiger partial charge in [0.2, 0.25) is 0 Å². The van der Waals surface area contributed by atoms with E-state index in [-0.39, 0.29) is 0 Å². The molecule has 0 heterocycles. The fourth-order valence-corrected chi connectivity index (χ4v) is 3.75. The van der Waals surface area contributed by atoms with E-state index >= 15 is 0 Å². The summed E-state index contributed by atoms with van der Waals surface area (Å²) in [6, 6.07) is 2.59. The zero-order valence-electron chi connectivity index (χ0n) is 11.0. The van der Waals surface area contributed by atoms with E-state index in [9.17, 15) is 0 Å². The van der Waals surface area contributed by atoms with Crippen LogP contribution in [0.5, 0.6) is 0 Å². The smallest absolute Gasteiger partial charge is 0.00992 e. The molecule has 0 aromatic rings. The molecule has 0 aliphatic heterocycles. The van der Waals surface area contributed by atoms with Crippen LogP contribution in [0.2, 0.25) is 0 Å². The molecule has 94 valence electrons. The van der Waals surface area contributed by atoms with Crippen molar-refractivity contribution in [1.29, 1.82) is 0 Å². The minimum atomic E-state index is 0.790. The molecule has 0 radical (unpaired) electrons. The number of hydrogen-bond donors (Lipinski definition) is 1. The van der Waals surface area contributed by atoms with Crippen molar-refractivity contribution in [3.8, 4) is 0 Å². The van der Waals surface area contributed by atoms with Crippen LogP contribution < -0.4 is 5.32 Å². The first-order valence-electron chi connectivity index (χ1n) is 7.28. The lowest BCUT2D eigenvalue weighted by molar-refractivity contribution is 0.105. The quantitative estimate of drug-likeness (QED) is 0.790. The highest BCUT2D eigenvalue weighted by atomic mass is 15.2. The van der Waals surface area contributed by atoms with Crippen molar-refractivity contribution >= 4 is 0 Å². The van der Waals surface area contributed by atoms with Crippen molar-refractivity contribution in [2.75, 3.05) is 13.6 Å². The summed E-state index contributed by atoms with van der Waals surface area (Å²) in [5, 5.41) is 3.43. The van der Waals surface area contributed by atoms with E-state index in [1.165, 1.54) is 57.9 Å². The SMILES string of the molecule is CCN(C1CCCC1)C1CCC(NC)CC1. The zero-order valence-corrected chi connectivity index (χ0v) is 11.0. The summed E-state index contributed by atoms with van der Waals surface area (Å²) in [5.41, 5.74) is 0. The Morgan fingerprint density at radius 2 is 1.50 bits per heavy atom. The van der Waals surface area contributed by atoms with Crippen LogP contribution in [0.1, 0.15) is 58.3 Å². The molecule has 0 aromatic carbocycles. The van der Waals surface area contributed by atoms with Gasteiger partial charge >= 0.3 is 0 Å². The lowest BCUT2D eigenvalue weighted by Gasteiger charge is -2.39. The van der Waals surface area contributed by atoms with Gasteiger partial charge in [-0.2, -0.15) is 0 Å². The molecule has 2 aliphatic rings. The second kappa shape index (κ2) is 6.02. The average molecular weight is 224 g/mol. The van der Waals surface area contributed by atoms with Gasteiger partial charge in [0.05, 0.1) is 0 Å². The van der Waals surface area contributed by atoms with Gasteiger partial charge in [-0.25, -0.2) is 0 Å². The zero-order chi connectivity index (χ0) is 11.4. The van der Waals surface area contributed by atoms with Crippen molar-refractivity contribution in [1.82, 2.24) is 10.2 Å². The molecule has 2 rings (SSSR count). The second-order valence-electron chi connectivity index (χ2n) is 5.56. The number of nitrogens with one attached hydrogen (secondary N) is 1. The topological polar surface area (TPSA) is 15.3 Å². The number of nitrogens with zero attached hydrogens (tertiary/aromatic N) is 1. The Bertz CT molecular complexity index is 191. The molecule has 0 unspecified atom stereocenters. The third-order valence-electron chi connectivity index (χ3n) is 4.73. The fourth-order valence-electron chi connectivity index (χ4n) is 3.75. The number of rotatable bonds is 4. The lowest BCUT2D eigenvalue weighted by Crippen LogP contribution is -2.45. The molecule has 2 aliphatic carbocycles. The summed E-state index contributed by atoms with van der Waals surface area (Å²) >= 11 is 0. The summed E-state index contributed by atoms with van der Waals surface area (Å²) < 4.78 is 0. The minimum Gasteiger partial charge on any atom is -0.317 e. The van der Waals surface area contributed by atoms with Crippen LogP contribution in [-0.2, 0) is 0 Å². The van der Waals surface area contributed by atoms with Gasteiger partial charge in [0, 0.05) is 18.1 Å². The predicted octanol–water partition coefficient (Wildman–Crippen LogP) is 2.78. The summed E-state index contributed by atoms with van der Waals surface area (Å²) in [7, 11) is 2.11. The molecular weight excluding hydrogens is 196 g/mol. The van der Waals surface area contributed by atoms with E-state index in [1.54, 1.807) is 0 Å². The van der Waals surface area contributed by atoms with Gasteiger partial charge < -0.3 is 5.32 Å². The van der Waals surface area contributed by atoms with Gasteiger partial charge in [-0.15, -0.1) is 0 Å². The Morgan fingerprint density at radius 3 is 2.00 bits per heavy atom. The standard InChI is InChI=1S/C14H28N2/c1-3-16(13-6-4-5-7-13)14-10-8-12(15-2)9-11-14/h12-15H,3-11H2,1-2H3. The first-order valence-corrected chi connectivity index (χ1v) is 7.28. The van der Waals surface area contributed by atoms with E-state index in [0.29, 0.717) is 0 Å². The molecule has 2 fully saturated rings. The van der Waals surface area contributed by atoms with Crippen LogP contribution in [0.15, 0.2) is 0 Å². The van der Waals surface area contributed by atoms with Crippen molar-refractivity contribution in [3.63, 3.8) is 0 Å². The largest absolute Gasteiger partial charge is 0.317 e. The molecule has 16 heavy (non-hydrogen) atoms. The summed E-state index contributed by atoms with van der Waals surface area (Å²) in [6.45, 7) is 3.61. The van der Waals surface area contributed by atoms with Crippen LogP contribution >= 0.6 is 0 Å². The monoisotopic (exact) mass is 224 g/mol. The van der Waals surface area contributed by atoms with Crippen LogP contribution in [0, 0.1) is 0 Å². The van der Waals surface area contributed by atoms with E-state index < -0.39 is 0 Å².